The third kappa shape index (κ3) is 3.82. The van der Waals surface area contributed by atoms with Gasteiger partial charge in [-0.3, -0.25) is 25.2 Å². The van der Waals surface area contributed by atoms with Gasteiger partial charge in [-0.15, -0.1) is 0 Å². The Morgan fingerprint density at radius 3 is 2.68 bits per heavy atom. The molecule has 0 aliphatic rings. The molecule has 0 aliphatic carbocycles. The van der Waals surface area contributed by atoms with E-state index in [1.165, 1.54) is 16.8 Å². The van der Waals surface area contributed by atoms with Crippen LogP contribution in [-0.2, 0) is 6.54 Å². The molecule has 0 aliphatic heterocycles. The van der Waals surface area contributed by atoms with Crippen LogP contribution in [0.1, 0.15) is 34.3 Å². The summed E-state index contributed by atoms with van der Waals surface area (Å²) in [7, 11) is 0. The third-order valence-electron chi connectivity index (χ3n) is 2.72. The highest BCUT2D eigenvalue weighted by Crippen LogP contribution is 2.09. The lowest BCUT2D eigenvalue weighted by molar-refractivity contribution is 0.0840. The molecule has 2 aromatic heterocycles. The van der Waals surface area contributed by atoms with Crippen molar-refractivity contribution >= 4 is 27.7 Å². The summed E-state index contributed by atoms with van der Waals surface area (Å²) in [5.74, 6) is -1.11. The number of hydrazine groups is 1. The molecular formula is C13H14BrN5O3. The van der Waals surface area contributed by atoms with Crippen LogP contribution in [0.15, 0.2) is 33.7 Å². The van der Waals surface area contributed by atoms with Crippen molar-refractivity contribution in [1.29, 1.82) is 0 Å². The highest BCUT2D eigenvalue weighted by Gasteiger charge is 2.12. The molecule has 0 aromatic carbocycles. The third-order valence-corrected chi connectivity index (χ3v) is 3.17. The van der Waals surface area contributed by atoms with Crippen LogP contribution in [-0.4, -0.2) is 26.6 Å². The van der Waals surface area contributed by atoms with Gasteiger partial charge in [0.25, 0.3) is 17.4 Å². The van der Waals surface area contributed by atoms with Crippen LogP contribution in [0.2, 0.25) is 0 Å². The fourth-order valence-electron chi connectivity index (χ4n) is 1.69. The van der Waals surface area contributed by atoms with Crippen molar-refractivity contribution in [2.75, 3.05) is 0 Å². The summed E-state index contributed by atoms with van der Waals surface area (Å²) in [6.45, 7) is 2.32. The van der Waals surface area contributed by atoms with Crippen LogP contribution in [0.25, 0.3) is 0 Å². The minimum Gasteiger partial charge on any atom is -0.356 e. The molecule has 2 aromatic rings. The average Bonchev–Trinajstić information content (AvgIpc) is 2.93. The zero-order valence-electron chi connectivity index (χ0n) is 11.7. The van der Waals surface area contributed by atoms with Gasteiger partial charge in [0.2, 0.25) is 0 Å². The van der Waals surface area contributed by atoms with E-state index in [1.54, 1.807) is 12.3 Å². The van der Waals surface area contributed by atoms with Gasteiger partial charge in [0.1, 0.15) is 5.69 Å². The van der Waals surface area contributed by atoms with Crippen molar-refractivity contribution in [3.05, 3.63) is 50.6 Å². The number of carbonyl (C=O) groups excluding carboxylic acids is 2. The number of aromatic nitrogens is 3. The molecule has 0 saturated carbocycles. The highest BCUT2D eigenvalue weighted by atomic mass is 79.9. The van der Waals surface area contributed by atoms with Gasteiger partial charge in [0, 0.05) is 23.3 Å². The van der Waals surface area contributed by atoms with Crippen LogP contribution < -0.4 is 16.4 Å². The Bertz CT molecular complexity index is 752. The van der Waals surface area contributed by atoms with Gasteiger partial charge >= 0.3 is 0 Å². The number of aromatic amines is 1. The van der Waals surface area contributed by atoms with Gasteiger partial charge in [-0.1, -0.05) is 6.92 Å². The SMILES string of the molecule is CCCn1nc(C(=O)NNC(=O)c2cc(Br)c[nH]2)ccc1=O. The molecule has 0 saturated heterocycles. The van der Waals surface area contributed by atoms with E-state index in [9.17, 15) is 14.4 Å². The van der Waals surface area contributed by atoms with E-state index in [4.69, 9.17) is 0 Å². The molecule has 22 heavy (non-hydrogen) atoms. The smallest absolute Gasteiger partial charge is 0.290 e. The molecule has 0 spiro atoms. The normalized spacial score (nSPS) is 10.3. The number of hydrogen-bond donors (Lipinski definition) is 3. The predicted molar refractivity (Wildman–Crippen MR) is 82.2 cm³/mol. The van der Waals surface area contributed by atoms with Gasteiger partial charge in [0.05, 0.1) is 0 Å². The molecule has 2 heterocycles. The van der Waals surface area contributed by atoms with E-state index < -0.39 is 11.8 Å². The number of carbonyl (C=O) groups is 2. The zero-order valence-corrected chi connectivity index (χ0v) is 13.3. The molecule has 0 atom stereocenters. The van der Waals surface area contributed by atoms with E-state index in [1.807, 2.05) is 6.92 Å². The molecule has 9 heteroatoms. The lowest BCUT2D eigenvalue weighted by atomic mass is 10.3. The van der Waals surface area contributed by atoms with Crippen molar-refractivity contribution in [3.63, 3.8) is 0 Å². The molecule has 0 bridgehead atoms. The molecule has 0 unspecified atom stereocenters. The number of nitrogens with zero attached hydrogens (tertiary/aromatic N) is 2. The first-order chi connectivity index (χ1) is 10.5. The summed E-state index contributed by atoms with van der Waals surface area (Å²) in [5.41, 5.74) is 4.55. The summed E-state index contributed by atoms with van der Waals surface area (Å²) < 4.78 is 1.93. The first-order valence-electron chi connectivity index (χ1n) is 6.54. The summed E-state index contributed by atoms with van der Waals surface area (Å²) in [6.07, 6.45) is 2.31. The monoisotopic (exact) mass is 367 g/mol. The molecule has 0 fully saturated rings. The van der Waals surface area contributed by atoms with Crippen LogP contribution in [0.5, 0.6) is 0 Å². The first kappa shape index (κ1) is 16.0. The number of nitrogens with one attached hydrogen (secondary N) is 3. The Labute approximate surface area is 134 Å². The van der Waals surface area contributed by atoms with Crippen molar-refractivity contribution in [3.8, 4) is 0 Å². The Morgan fingerprint density at radius 1 is 1.32 bits per heavy atom. The lowest BCUT2D eigenvalue weighted by Gasteiger charge is -2.07. The molecule has 2 amide bonds. The minimum absolute atomic E-state index is 0.0426. The fraction of sp³-hybridized carbons (Fsp3) is 0.231. The van der Waals surface area contributed by atoms with Gasteiger partial charge < -0.3 is 4.98 Å². The van der Waals surface area contributed by atoms with E-state index >= 15 is 0 Å². The number of rotatable bonds is 4. The Kier molecular flexibility index (Phi) is 5.10. The lowest BCUT2D eigenvalue weighted by Crippen LogP contribution is -2.42. The van der Waals surface area contributed by atoms with E-state index in [0.29, 0.717) is 6.54 Å². The molecule has 8 nitrogen and oxygen atoms in total. The van der Waals surface area contributed by atoms with Crippen molar-refractivity contribution in [2.24, 2.45) is 0 Å². The second kappa shape index (κ2) is 7.03. The molecule has 3 N–H and O–H groups in total. The van der Waals surface area contributed by atoms with Gasteiger partial charge in [-0.2, -0.15) is 5.10 Å². The maximum Gasteiger partial charge on any atom is 0.290 e. The van der Waals surface area contributed by atoms with Crippen molar-refractivity contribution < 1.29 is 9.59 Å². The topological polar surface area (TPSA) is 109 Å². The molecular weight excluding hydrogens is 354 g/mol. The number of amides is 2. The molecule has 0 radical (unpaired) electrons. The van der Waals surface area contributed by atoms with E-state index in [2.05, 4.69) is 36.9 Å². The maximum absolute atomic E-state index is 11.9. The quantitative estimate of drug-likeness (QED) is 0.694. The number of halogens is 1. The number of aryl methyl sites for hydroxylation is 1. The highest BCUT2D eigenvalue weighted by molar-refractivity contribution is 9.10. The number of hydrogen-bond acceptors (Lipinski definition) is 4. The number of H-pyrrole nitrogens is 1. The Morgan fingerprint density at radius 2 is 2.05 bits per heavy atom. The van der Waals surface area contributed by atoms with Gasteiger partial charge in [-0.25, -0.2) is 4.68 Å². The molecule has 2 rings (SSSR count). The first-order valence-corrected chi connectivity index (χ1v) is 7.33. The summed E-state index contributed by atoms with van der Waals surface area (Å²) >= 11 is 3.21. The van der Waals surface area contributed by atoms with Crippen molar-refractivity contribution in [1.82, 2.24) is 25.6 Å². The van der Waals surface area contributed by atoms with E-state index in [0.717, 1.165) is 10.9 Å². The Hall–Kier alpha value is -2.42. The predicted octanol–water partition coefficient (Wildman–Crippen LogP) is 0.819. The van der Waals surface area contributed by atoms with Gasteiger partial charge in [-0.05, 0) is 34.5 Å². The second-order valence-corrected chi connectivity index (χ2v) is 5.34. The Balaban J connectivity index is 2.02. The summed E-state index contributed by atoms with van der Waals surface area (Å²) in [6, 6.07) is 4.14. The van der Waals surface area contributed by atoms with Gasteiger partial charge in [0.15, 0.2) is 5.69 Å². The zero-order chi connectivity index (χ0) is 16.1. The minimum atomic E-state index is -0.608. The van der Waals surface area contributed by atoms with E-state index in [-0.39, 0.29) is 16.9 Å². The largest absolute Gasteiger partial charge is 0.356 e. The fourth-order valence-corrected chi connectivity index (χ4v) is 2.03. The molecule has 116 valence electrons. The van der Waals surface area contributed by atoms with Crippen LogP contribution >= 0.6 is 15.9 Å². The second-order valence-electron chi connectivity index (χ2n) is 4.42. The van der Waals surface area contributed by atoms with Crippen LogP contribution in [0, 0.1) is 0 Å². The standard InChI is InChI=1S/C13H14BrN5O3/c1-2-5-19-11(20)4-3-9(18-19)12(21)16-17-13(22)10-6-8(14)7-15-10/h3-4,6-7,15H,2,5H2,1H3,(H,16,21)(H,17,22). The van der Waals surface area contributed by atoms with Crippen LogP contribution in [0.3, 0.4) is 0 Å². The maximum atomic E-state index is 11.9. The van der Waals surface area contributed by atoms with Crippen LogP contribution in [0.4, 0.5) is 0 Å². The summed E-state index contributed by atoms with van der Waals surface area (Å²) in [4.78, 5) is 38.0. The van der Waals surface area contributed by atoms with Crippen molar-refractivity contribution in [2.45, 2.75) is 19.9 Å². The average molecular weight is 368 g/mol. The summed E-state index contributed by atoms with van der Waals surface area (Å²) in [5, 5.41) is 3.94.